The van der Waals surface area contributed by atoms with Gasteiger partial charge in [-0.25, -0.2) is 9.59 Å². The third kappa shape index (κ3) is 8.01. The summed E-state index contributed by atoms with van der Waals surface area (Å²) in [5.74, 6) is -0.726. The summed E-state index contributed by atoms with van der Waals surface area (Å²) in [5.41, 5.74) is 4.04. The molecular weight excluding hydrogens is 660 g/mol. The van der Waals surface area contributed by atoms with Crippen LogP contribution in [-0.4, -0.2) is 42.5 Å². The number of aryl methyl sites for hydroxylation is 2. The third-order valence-electron chi connectivity index (χ3n) is 10.3. The molecule has 3 aliphatic heterocycles. The van der Waals surface area contributed by atoms with Crippen LogP contribution in [0.3, 0.4) is 0 Å². The van der Waals surface area contributed by atoms with Crippen molar-refractivity contribution in [2.24, 2.45) is 5.92 Å². The van der Waals surface area contributed by atoms with E-state index in [1.807, 2.05) is 32.0 Å². The van der Waals surface area contributed by atoms with Crippen molar-refractivity contribution in [3.05, 3.63) is 122 Å². The molecule has 1 aromatic heterocycles. The highest BCUT2D eigenvalue weighted by atomic mass is 16.6. The number of methoxy groups -OCH3 is 1. The largest absolute Gasteiger partial charge is 0.483 e. The van der Waals surface area contributed by atoms with E-state index in [2.05, 4.69) is 36.4 Å². The van der Waals surface area contributed by atoms with Gasteiger partial charge in [0, 0.05) is 36.5 Å². The molecule has 3 unspecified atom stereocenters. The van der Waals surface area contributed by atoms with Crippen LogP contribution in [0.2, 0.25) is 0 Å². The Bertz CT molecular complexity index is 2000. The number of aliphatic hydroxyl groups excluding tert-OH is 1. The maximum atomic E-state index is 14.2. The molecule has 0 amide bonds. The van der Waals surface area contributed by atoms with Crippen LogP contribution in [0.4, 0.5) is 0 Å². The van der Waals surface area contributed by atoms with E-state index in [1.54, 1.807) is 26.0 Å². The predicted octanol–water partition coefficient (Wildman–Crippen LogP) is 7.31. The Labute approximate surface area is 304 Å². The summed E-state index contributed by atoms with van der Waals surface area (Å²) in [7, 11) is 1.53. The molecule has 9 heteroatoms. The van der Waals surface area contributed by atoms with Gasteiger partial charge in [0.05, 0.1) is 18.8 Å². The highest BCUT2D eigenvalue weighted by Crippen LogP contribution is 2.47. The van der Waals surface area contributed by atoms with Gasteiger partial charge in [0.2, 0.25) is 0 Å². The van der Waals surface area contributed by atoms with E-state index in [4.69, 9.17) is 23.4 Å². The molecule has 3 aromatic carbocycles. The van der Waals surface area contributed by atoms with Gasteiger partial charge in [-0.3, -0.25) is 4.79 Å². The number of esters is 2. The maximum absolute atomic E-state index is 14.2. The van der Waals surface area contributed by atoms with E-state index in [1.165, 1.54) is 12.7 Å². The average Bonchev–Trinajstić information content (AvgIpc) is 3.11. The summed E-state index contributed by atoms with van der Waals surface area (Å²) in [6, 6.07) is 22.0. The first-order valence-electron chi connectivity index (χ1n) is 18.1. The summed E-state index contributed by atoms with van der Waals surface area (Å²) in [6.07, 6.45) is 1.38. The Balaban J connectivity index is 1.47. The number of ether oxygens (including phenoxy) is 4. The maximum Gasteiger partial charge on any atom is 0.339 e. The molecule has 4 heterocycles. The van der Waals surface area contributed by atoms with Crippen LogP contribution in [-0.2, 0) is 56.1 Å². The Morgan fingerprint density at radius 2 is 1.60 bits per heavy atom. The lowest BCUT2D eigenvalue weighted by molar-refractivity contribution is -0.188. The van der Waals surface area contributed by atoms with Crippen molar-refractivity contribution >= 4 is 22.9 Å². The van der Waals surface area contributed by atoms with Crippen molar-refractivity contribution < 1.29 is 38.1 Å². The zero-order valence-electron chi connectivity index (χ0n) is 30.7. The van der Waals surface area contributed by atoms with E-state index in [9.17, 15) is 19.5 Å². The lowest BCUT2D eigenvalue weighted by atomic mass is 9.86. The molecule has 7 rings (SSSR count). The highest BCUT2D eigenvalue weighted by Gasteiger charge is 2.50. The van der Waals surface area contributed by atoms with Crippen LogP contribution in [0.25, 0.3) is 11.0 Å². The monoisotopic (exact) mass is 708 g/mol. The van der Waals surface area contributed by atoms with Gasteiger partial charge in [0.25, 0.3) is 0 Å². The van der Waals surface area contributed by atoms with E-state index in [0.717, 1.165) is 29.5 Å². The smallest absolute Gasteiger partial charge is 0.339 e. The first kappa shape index (κ1) is 37.0. The molecule has 52 heavy (non-hydrogen) atoms. The molecule has 0 radical (unpaired) electrons. The summed E-state index contributed by atoms with van der Waals surface area (Å²) < 4.78 is 30.4. The van der Waals surface area contributed by atoms with Crippen molar-refractivity contribution in [2.45, 2.75) is 97.1 Å². The minimum Gasteiger partial charge on any atom is -0.483 e. The van der Waals surface area contributed by atoms with Gasteiger partial charge in [-0.1, -0.05) is 60.2 Å². The van der Waals surface area contributed by atoms with Crippen LogP contribution >= 0.6 is 0 Å². The van der Waals surface area contributed by atoms with Crippen LogP contribution in [0.1, 0.15) is 86.4 Å². The summed E-state index contributed by atoms with van der Waals surface area (Å²) >= 11 is 0. The fourth-order valence-corrected chi connectivity index (χ4v) is 7.45. The van der Waals surface area contributed by atoms with Crippen molar-refractivity contribution in [1.29, 1.82) is 0 Å². The number of carbonyl (C=O) groups is 2. The molecule has 2 bridgehead atoms. The van der Waals surface area contributed by atoms with Gasteiger partial charge in [-0.05, 0) is 100 Å². The van der Waals surface area contributed by atoms with E-state index < -0.39 is 42.0 Å². The predicted molar refractivity (Wildman–Crippen MR) is 197 cm³/mol. The van der Waals surface area contributed by atoms with Crippen molar-refractivity contribution in [2.75, 3.05) is 13.7 Å². The second kappa shape index (κ2) is 15.9. The number of rotatable bonds is 7. The first-order chi connectivity index (χ1) is 25.0. The van der Waals surface area contributed by atoms with Crippen molar-refractivity contribution in [1.82, 2.24) is 0 Å². The van der Waals surface area contributed by atoms with Crippen molar-refractivity contribution in [3.63, 3.8) is 0 Å². The van der Waals surface area contributed by atoms with Gasteiger partial charge >= 0.3 is 17.6 Å². The van der Waals surface area contributed by atoms with Crippen LogP contribution < -0.4 is 10.4 Å². The highest BCUT2D eigenvalue weighted by molar-refractivity contribution is 5.90. The first-order valence-corrected chi connectivity index (χ1v) is 18.1. The summed E-state index contributed by atoms with van der Waals surface area (Å²) in [4.78, 5) is 41.8. The molecule has 0 fully saturated rings. The number of fused-ring (bicyclic) bond motifs is 13. The van der Waals surface area contributed by atoms with Gasteiger partial charge in [-0.15, -0.1) is 0 Å². The van der Waals surface area contributed by atoms with Gasteiger partial charge in [-0.2, -0.15) is 0 Å². The topological polar surface area (TPSA) is 122 Å². The molecule has 3 atom stereocenters. The zero-order valence-corrected chi connectivity index (χ0v) is 30.7. The quantitative estimate of drug-likeness (QED) is 0.120. The molecule has 274 valence electrons. The van der Waals surface area contributed by atoms with Crippen LogP contribution in [0.5, 0.6) is 5.75 Å². The van der Waals surface area contributed by atoms with Gasteiger partial charge in [0.1, 0.15) is 16.9 Å². The lowest BCUT2D eigenvalue weighted by Crippen LogP contribution is -2.52. The normalized spacial score (nSPS) is 20.4. The van der Waals surface area contributed by atoms with Crippen LogP contribution in [0, 0.1) is 5.92 Å². The second-order valence-corrected chi connectivity index (χ2v) is 14.6. The molecular formula is C43H48O9. The fourth-order valence-electron chi connectivity index (χ4n) is 7.45. The molecule has 0 aliphatic carbocycles. The average molecular weight is 709 g/mol. The Morgan fingerprint density at radius 3 is 2.29 bits per heavy atom. The minimum atomic E-state index is -1.18. The lowest BCUT2D eigenvalue weighted by Gasteiger charge is -2.43. The zero-order chi connectivity index (χ0) is 37.0. The Hall–Kier alpha value is -4.73. The molecule has 3 aliphatic rings. The number of hydrogen-bond donors (Lipinski definition) is 1. The number of carbonyl (C=O) groups excluding carboxylic acids is 2. The fraction of sp³-hybridized carbons (Fsp3) is 0.419. The standard InChI is InChI=1S/C43H48O9/c1-26(2)31-18-17-28-11-14-29(15-12-28)23-30(16-13-27-9-7-6-8-10-27)24-36(45)49-39-37-35(52-43(3,4)40(39)51-41(31)46)20-19-32-34(25-44)33(21-22-48-5)42(47)50-38(32)37/h6-12,14-15,19-20,30,39-40,44H,13,16-18,21-25H2,1-5H3. The van der Waals surface area contributed by atoms with E-state index in [-0.39, 0.29) is 36.5 Å². The molecule has 4 aromatic rings. The van der Waals surface area contributed by atoms with E-state index >= 15 is 0 Å². The van der Waals surface area contributed by atoms with Crippen LogP contribution in [0.15, 0.2) is 87.1 Å². The van der Waals surface area contributed by atoms with Crippen molar-refractivity contribution in [3.8, 4) is 5.75 Å². The van der Waals surface area contributed by atoms with Gasteiger partial charge < -0.3 is 28.5 Å². The molecule has 1 N–H and O–H groups in total. The molecule has 0 saturated heterocycles. The van der Waals surface area contributed by atoms with E-state index in [0.29, 0.717) is 47.1 Å². The number of hydrogen-bond acceptors (Lipinski definition) is 9. The molecule has 0 spiro atoms. The SMILES string of the molecule is COCCc1c(CO)c2ccc3c(c2oc1=O)C1OC(=O)CC(CCc2ccccc2)Cc2ccc(cc2)CCC(=C(C)C)C(=O)OC1C(C)(C)O3. The number of aliphatic hydroxyl groups is 1. The Kier molecular flexibility index (Phi) is 11.3. The molecule has 0 saturated carbocycles. The number of allylic oxidation sites excluding steroid dienone is 1. The second-order valence-electron chi connectivity index (χ2n) is 14.6. The van der Waals surface area contributed by atoms with Gasteiger partial charge in [0.15, 0.2) is 12.2 Å². The molecule has 9 nitrogen and oxygen atoms in total. The summed E-state index contributed by atoms with van der Waals surface area (Å²) in [6.45, 7) is 7.15. The third-order valence-corrected chi connectivity index (χ3v) is 10.3. The number of benzene rings is 3. The summed E-state index contributed by atoms with van der Waals surface area (Å²) in [5, 5.41) is 11.0. The minimum absolute atomic E-state index is 0.0492. The Morgan fingerprint density at radius 1 is 0.865 bits per heavy atom.